The Morgan fingerprint density at radius 1 is 1.50 bits per heavy atom. The number of rotatable bonds is 5. The van der Waals surface area contributed by atoms with Crippen molar-refractivity contribution >= 4 is 21.4 Å². The van der Waals surface area contributed by atoms with Crippen molar-refractivity contribution in [1.82, 2.24) is 4.98 Å². The van der Waals surface area contributed by atoms with Crippen LogP contribution in [0, 0.1) is 10.1 Å². The van der Waals surface area contributed by atoms with E-state index in [1.807, 2.05) is 0 Å². The third kappa shape index (κ3) is 3.06. The van der Waals surface area contributed by atoms with Gasteiger partial charge >= 0.3 is 5.69 Å². The molecule has 0 aliphatic heterocycles. The van der Waals surface area contributed by atoms with E-state index in [0.717, 1.165) is 25.3 Å². The predicted octanol–water partition coefficient (Wildman–Crippen LogP) is 0.902. The SMILES string of the molecule is CS(=O)(=O)Nc1cncc(OC2CC2)c1[N+](=O)[O-]. The number of anilines is 1. The molecule has 1 aliphatic rings. The summed E-state index contributed by atoms with van der Waals surface area (Å²) in [6.45, 7) is 0. The van der Waals surface area contributed by atoms with Crippen LogP contribution in [0.2, 0.25) is 0 Å². The zero-order valence-corrected chi connectivity index (χ0v) is 10.3. The lowest BCUT2D eigenvalue weighted by Gasteiger charge is -2.08. The van der Waals surface area contributed by atoms with Crippen LogP contribution in [-0.4, -0.2) is 30.7 Å². The van der Waals surface area contributed by atoms with Gasteiger partial charge in [-0.3, -0.25) is 19.8 Å². The summed E-state index contributed by atoms with van der Waals surface area (Å²) < 4.78 is 29.6. The van der Waals surface area contributed by atoms with E-state index >= 15 is 0 Å². The van der Waals surface area contributed by atoms with Gasteiger partial charge in [0.2, 0.25) is 15.8 Å². The van der Waals surface area contributed by atoms with E-state index in [9.17, 15) is 18.5 Å². The summed E-state index contributed by atoms with van der Waals surface area (Å²) in [4.78, 5) is 14.0. The van der Waals surface area contributed by atoms with E-state index in [2.05, 4.69) is 9.71 Å². The van der Waals surface area contributed by atoms with E-state index in [0.29, 0.717) is 0 Å². The summed E-state index contributed by atoms with van der Waals surface area (Å²) >= 11 is 0. The van der Waals surface area contributed by atoms with Gasteiger partial charge in [0.1, 0.15) is 5.69 Å². The van der Waals surface area contributed by atoms with Gasteiger partial charge in [-0.05, 0) is 12.8 Å². The van der Waals surface area contributed by atoms with Crippen molar-refractivity contribution in [3.05, 3.63) is 22.5 Å². The molecule has 98 valence electrons. The first-order valence-corrected chi connectivity index (χ1v) is 7.03. The van der Waals surface area contributed by atoms with Gasteiger partial charge < -0.3 is 4.74 Å². The number of aromatic nitrogens is 1. The normalized spacial score (nSPS) is 15.2. The summed E-state index contributed by atoms with van der Waals surface area (Å²) in [5.41, 5.74) is -0.608. The lowest BCUT2D eigenvalue weighted by molar-refractivity contribution is -0.385. The van der Waals surface area contributed by atoms with Crippen LogP contribution in [0.25, 0.3) is 0 Å². The van der Waals surface area contributed by atoms with Crippen LogP contribution >= 0.6 is 0 Å². The summed E-state index contributed by atoms with van der Waals surface area (Å²) in [5.74, 6) is -0.0175. The summed E-state index contributed by atoms with van der Waals surface area (Å²) in [6.07, 6.45) is 4.83. The van der Waals surface area contributed by atoms with Gasteiger partial charge in [0.15, 0.2) is 0 Å². The van der Waals surface area contributed by atoms with Gasteiger partial charge in [-0.1, -0.05) is 0 Å². The Labute approximate surface area is 103 Å². The molecule has 0 bridgehead atoms. The molecule has 1 saturated carbocycles. The van der Waals surface area contributed by atoms with E-state index in [1.54, 1.807) is 0 Å². The van der Waals surface area contributed by atoms with E-state index in [-0.39, 0.29) is 17.5 Å². The molecule has 18 heavy (non-hydrogen) atoms. The molecule has 0 radical (unpaired) electrons. The number of nitrogens with one attached hydrogen (secondary N) is 1. The molecular formula is C9H11N3O5S. The van der Waals surface area contributed by atoms with Gasteiger partial charge in [-0.25, -0.2) is 8.42 Å². The maximum Gasteiger partial charge on any atom is 0.337 e. The Balaban J connectivity index is 2.41. The first-order valence-electron chi connectivity index (χ1n) is 5.13. The molecule has 1 aromatic heterocycles. The van der Waals surface area contributed by atoms with Crippen molar-refractivity contribution in [2.75, 3.05) is 11.0 Å². The highest BCUT2D eigenvalue weighted by Gasteiger charge is 2.30. The highest BCUT2D eigenvalue weighted by atomic mass is 32.2. The number of hydrogen-bond donors (Lipinski definition) is 1. The number of hydrogen-bond acceptors (Lipinski definition) is 6. The van der Waals surface area contributed by atoms with E-state index in [1.165, 1.54) is 6.20 Å². The van der Waals surface area contributed by atoms with Crippen molar-refractivity contribution in [2.24, 2.45) is 0 Å². The summed E-state index contributed by atoms with van der Waals surface area (Å²) in [6, 6.07) is 0. The molecule has 8 nitrogen and oxygen atoms in total. The largest absolute Gasteiger partial charge is 0.482 e. The molecule has 0 spiro atoms. The van der Waals surface area contributed by atoms with Crippen LogP contribution in [0.3, 0.4) is 0 Å². The van der Waals surface area contributed by atoms with Gasteiger partial charge in [-0.15, -0.1) is 0 Å². The number of sulfonamides is 1. The van der Waals surface area contributed by atoms with Gasteiger partial charge in [0.25, 0.3) is 0 Å². The van der Waals surface area contributed by atoms with Crippen molar-refractivity contribution < 1.29 is 18.1 Å². The zero-order valence-electron chi connectivity index (χ0n) is 9.49. The summed E-state index contributed by atoms with van der Waals surface area (Å²) in [5, 5.41) is 11.0. The smallest absolute Gasteiger partial charge is 0.337 e. The van der Waals surface area contributed by atoms with Crippen molar-refractivity contribution in [1.29, 1.82) is 0 Å². The molecule has 1 aromatic rings. The van der Waals surface area contributed by atoms with E-state index in [4.69, 9.17) is 4.74 Å². The number of nitro groups is 1. The molecule has 1 fully saturated rings. The number of nitrogens with zero attached hydrogens (tertiary/aromatic N) is 2. The van der Waals surface area contributed by atoms with Crippen LogP contribution in [-0.2, 0) is 10.0 Å². The minimum Gasteiger partial charge on any atom is -0.482 e. The average molecular weight is 273 g/mol. The highest BCUT2D eigenvalue weighted by molar-refractivity contribution is 7.92. The van der Waals surface area contributed by atoms with Crippen molar-refractivity contribution in [3.8, 4) is 5.75 Å². The van der Waals surface area contributed by atoms with E-state index < -0.39 is 20.6 Å². The molecule has 0 unspecified atom stereocenters. The third-order valence-electron chi connectivity index (χ3n) is 2.18. The first-order chi connectivity index (χ1) is 8.37. The third-order valence-corrected chi connectivity index (χ3v) is 2.77. The monoisotopic (exact) mass is 273 g/mol. The molecule has 2 rings (SSSR count). The number of pyridine rings is 1. The molecule has 0 atom stereocenters. The van der Waals surface area contributed by atoms with Crippen LogP contribution in [0.1, 0.15) is 12.8 Å². The summed E-state index contributed by atoms with van der Waals surface area (Å²) in [7, 11) is -3.61. The lowest BCUT2D eigenvalue weighted by Crippen LogP contribution is -2.12. The Morgan fingerprint density at radius 2 is 2.17 bits per heavy atom. The Morgan fingerprint density at radius 3 is 2.67 bits per heavy atom. The second-order valence-corrected chi connectivity index (χ2v) is 5.73. The minimum atomic E-state index is -3.61. The average Bonchev–Trinajstić information content (AvgIpc) is 2.98. The Bertz CT molecular complexity index is 582. The molecular weight excluding hydrogens is 262 g/mol. The highest BCUT2D eigenvalue weighted by Crippen LogP contribution is 2.37. The fourth-order valence-electron chi connectivity index (χ4n) is 1.35. The van der Waals surface area contributed by atoms with Crippen molar-refractivity contribution in [3.63, 3.8) is 0 Å². The molecule has 0 saturated heterocycles. The molecule has 9 heteroatoms. The lowest BCUT2D eigenvalue weighted by atomic mass is 10.3. The minimum absolute atomic E-state index is 0.0175. The maximum atomic E-state index is 11.1. The quantitative estimate of drug-likeness (QED) is 0.630. The zero-order chi connectivity index (χ0) is 13.3. The molecule has 0 aromatic carbocycles. The predicted molar refractivity (Wildman–Crippen MR) is 63.0 cm³/mol. The second-order valence-electron chi connectivity index (χ2n) is 3.98. The van der Waals surface area contributed by atoms with Crippen LogP contribution < -0.4 is 9.46 Å². The second kappa shape index (κ2) is 4.41. The maximum absolute atomic E-state index is 11.1. The van der Waals surface area contributed by atoms with Crippen LogP contribution in [0.5, 0.6) is 5.75 Å². The van der Waals surface area contributed by atoms with Gasteiger partial charge in [0, 0.05) is 0 Å². The van der Waals surface area contributed by atoms with Crippen LogP contribution in [0.4, 0.5) is 11.4 Å². The molecule has 1 N–H and O–H groups in total. The molecule has 1 aliphatic carbocycles. The van der Waals surface area contributed by atoms with Crippen molar-refractivity contribution in [2.45, 2.75) is 18.9 Å². The topological polar surface area (TPSA) is 111 Å². The van der Waals surface area contributed by atoms with Gasteiger partial charge in [-0.2, -0.15) is 0 Å². The molecule has 1 heterocycles. The number of ether oxygens (including phenoxy) is 1. The fourth-order valence-corrected chi connectivity index (χ4v) is 1.90. The Kier molecular flexibility index (Phi) is 3.07. The fraction of sp³-hybridized carbons (Fsp3) is 0.444. The molecule has 0 amide bonds. The standard InChI is InChI=1S/C9H11N3O5S/c1-18(15,16)11-7-4-10-5-8(9(7)12(13)14)17-6-2-3-6/h4-6,11H,2-3H2,1H3. The first kappa shape index (κ1) is 12.6. The van der Waals surface area contributed by atoms with Gasteiger partial charge in [0.05, 0.1) is 29.7 Å². The van der Waals surface area contributed by atoms with Crippen LogP contribution in [0.15, 0.2) is 12.4 Å². The Hall–Kier alpha value is -1.90.